The molecule has 29 heavy (non-hydrogen) atoms. The van der Waals surface area contributed by atoms with Gasteiger partial charge in [0.25, 0.3) is 0 Å². The van der Waals surface area contributed by atoms with Crippen LogP contribution in [0, 0.1) is 3.57 Å². The van der Waals surface area contributed by atoms with E-state index in [4.69, 9.17) is 4.74 Å². The van der Waals surface area contributed by atoms with E-state index in [-0.39, 0.29) is 6.10 Å². The largest absolute Gasteiger partial charge is 0.474 e. The summed E-state index contributed by atoms with van der Waals surface area (Å²) in [6.07, 6.45) is 6.16. The Kier molecular flexibility index (Phi) is 5.26. The molecule has 1 aromatic carbocycles. The van der Waals surface area contributed by atoms with Gasteiger partial charge in [0.2, 0.25) is 5.88 Å². The molecule has 0 bridgehead atoms. The van der Waals surface area contributed by atoms with E-state index in [9.17, 15) is 0 Å². The van der Waals surface area contributed by atoms with Crippen molar-refractivity contribution >= 4 is 22.6 Å². The van der Waals surface area contributed by atoms with Crippen LogP contribution in [0.5, 0.6) is 5.88 Å². The van der Waals surface area contributed by atoms with E-state index >= 15 is 0 Å². The molecule has 1 fully saturated rings. The molecule has 0 radical (unpaired) electrons. The Morgan fingerprint density at radius 3 is 2.69 bits per heavy atom. The zero-order chi connectivity index (χ0) is 19.8. The van der Waals surface area contributed by atoms with Crippen molar-refractivity contribution in [3.05, 3.63) is 63.4 Å². The van der Waals surface area contributed by atoms with Crippen molar-refractivity contribution in [2.45, 2.75) is 50.8 Å². The molecular formula is C22H24IN5O. The van der Waals surface area contributed by atoms with Crippen molar-refractivity contribution < 1.29 is 4.74 Å². The molecule has 6 nitrogen and oxygen atoms in total. The van der Waals surface area contributed by atoms with Crippen LogP contribution in [0.15, 0.2) is 42.6 Å². The predicted octanol–water partition coefficient (Wildman–Crippen LogP) is 4.32. The fourth-order valence-corrected chi connectivity index (χ4v) is 5.03. The minimum atomic E-state index is 0.229. The van der Waals surface area contributed by atoms with Crippen LogP contribution in [0.25, 0.3) is 5.69 Å². The van der Waals surface area contributed by atoms with Gasteiger partial charge < -0.3 is 4.74 Å². The number of ether oxygens (including phenoxy) is 1. The molecule has 2 aromatic heterocycles. The summed E-state index contributed by atoms with van der Waals surface area (Å²) in [5, 5.41) is 9.24. The van der Waals surface area contributed by atoms with Crippen LogP contribution in [0.1, 0.15) is 48.8 Å². The van der Waals surface area contributed by atoms with Crippen molar-refractivity contribution in [3.8, 4) is 11.6 Å². The first kappa shape index (κ1) is 19.0. The first-order chi connectivity index (χ1) is 14.2. The molecule has 0 atom stereocenters. The summed E-state index contributed by atoms with van der Waals surface area (Å²) < 4.78 is 9.66. The Hall–Kier alpha value is -2.00. The lowest BCUT2D eigenvalue weighted by molar-refractivity contribution is 0.139. The lowest BCUT2D eigenvalue weighted by Crippen LogP contribution is -2.25. The summed E-state index contributed by atoms with van der Waals surface area (Å²) in [6.45, 7) is 1.75. The number of benzene rings is 1. The Balaban J connectivity index is 1.38. The number of hydrogen-bond donors (Lipinski definition) is 0. The van der Waals surface area contributed by atoms with E-state index in [0.29, 0.717) is 5.92 Å². The zero-order valence-corrected chi connectivity index (χ0v) is 18.6. The minimum absolute atomic E-state index is 0.229. The monoisotopic (exact) mass is 501 g/mol. The second kappa shape index (κ2) is 8.02. The third kappa shape index (κ3) is 3.90. The first-order valence-electron chi connectivity index (χ1n) is 10.2. The van der Waals surface area contributed by atoms with Gasteiger partial charge in [-0.2, -0.15) is 0 Å². The standard InChI is InChI=1S/C22H24IN5O/c1-27-13-16-12-17(23)7-10-19(16)28-20(14-27)25-26-22(28)15-5-8-18(9-6-15)29-21-4-2-3-11-24-21/h2-4,7,10-12,15,18H,5-6,8-9,13-14H2,1H3. The highest BCUT2D eigenvalue weighted by Crippen LogP contribution is 2.36. The summed E-state index contributed by atoms with van der Waals surface area (Å²) in [5.41, 5.74) is 2.57. The van der Waals surface area contributed by atoms with Gasteiger partial charge in [0, 0.05) is 28.3 Å². The van der Waals surface area contributed by atoms with Crippen molar-refractivity contribution in [3.63, 3.8) is 0 Å². The maximum absolute atomic E-state index is 6.08. The molecule has 5 rings (SSSR count). The van der Waals surface area contributed by atoms with Gasteiger partial charge in [-0.05, 0) is 85.2 Å². The van der Waals surface area contributed by atoms with Gasteiger partial charge in [0.1, 0.15) is 11.9 Å². The molecule has 0 amide bonds. The Labute approximate surface area is 184 Å². The maximum Gasteiger partial charge on any atom is 0.213 e. The molecule has 3 aromatic rings. The molecule has 0 N–H and O–H groups in total. The Morgan fingerprint density at radius 1 is 1.03 bits per heavy atom. The van der Waals surface area contributed by atoms with E-state index in [1.54, 1.807) is 6.20 Å². The highest BCUT2D eigenvalue weighted by molar-refractivity contribution is 14.1. The van der Waals surface area contributed by atoms with Crippen molar-refractivity contribution in [1.29, 1.82) is 0 Å². The first-order valence-corrected chi connectivity index (χ1v) is 11.2. The molecule has 1 aliphatic carbocycles. The van der Waals surface area contributed by atoms with Crippen LogP contribution >= 0.6 is 22.6 Å². The fourth-order valence-electron chi connectivity index (χ4n) is 4.47. The lowest BCUT2D eigenvalue weighted by Gasteiger charge is -2.28. The SMILES string of the molecule is CN1Cc2cc(I)ccc2-n2c(nnc2C2CCC(Oc3ccccn3)CC2)C1. The molecule has 7 heteroatoms. The van der Waals surface area contributed by atoms with Crippen molar-refractivity contribution in [2.75, 3.05) is 7.05 Å². The second-order valence-electron chi connectivity index (χ2n) is 8.01. The molecule has 2 aliphatic rings. The Morgan fingerprint density at radius 2 is 1.90 bits per heavy atom. The van der Waals surface area contributed by atoms with Crippen LogP contribution in [0.2, 0.25) is 0 Å². The third-order valence-electron chi connectivity index (χ3n) is 5.85. The summed E-state index contributed by atoms with van der Waals surface area (Å²) in [5.74, 6) is 3.28. The van der Waals surface area contributed by atoms with Crippen LogP contribution in [0.3, 0.4) is 0 Å². The molecule has 0 saturated heterocycles. The predicted molar refractivity (Wildman–Crippen MR) is 119 cm³/mol. The van der Waals surface area contributed by atoms with Gasteiger partial charge in [0.15, 0.2) is 5.82 Å². The normalized spacial score (nSPS) is 21.9. The van der Waals surface area contributed by atoms with Gasteiger partial charge in [0.05, 0.1) is 12.2 Å². The van der Waals surface area contributed by atoms with Crippen LogP contribution in [-0.4, -0.2) is 37.8 Å². The smallest absolute Gasteiger partial charge is 0.213 e. The highest BCUT2D eigenvalue weighted by atomic mass is 127. The van der Waals surface area contributed by atoms with E-state index in [1.807, 2.05) is 18.2 Å². The molecule has 3 heterocycles. The quantitative estimate of drug-likeness (QED) is 0.501. The van der Waals surface area contributed by atoms with Crippen molar-refractivity contribution in [1.82, 2.24) is 24.6 Å². The van der Waals surface area contributed by atoms with Gasteiger partial charge in [-0.25, -0.2) is 4.98 Å². The molecule has 150 valence electrons. The summed E-state index contributed by atoms with van der Waals surface area (Å²) in [4.78, 5) is 6.60. The van der Waals surface area contributed by atoms with Gasteiger partial charge >= 0.3 is 0 Å². The highest BCUT2D eigenvalue weighted by Gasteiger charge is 2.30. The second-order valence-corrected chi connectivity index (χ2v) is 9.26. The number of nitrogens with zero attached hydrogens (tertiary/aromatic N) is 5. The molecule has 1 aliphatic heterocycles. The average molecular weight is 501 g/mol. The van der Waals surface area contributed by atoms with E-state index in [2.05, 4.69) is 72.5 Å². The minimum Gasteiger partial charge on any atom is -0.474 e. The maximum atomic E-state index is 6.08. The van der Waals surface area contributed by atoms with Gasteiger partial charge in [-0.3, -0.25) is 9.47 Å². The molecular weight excluding hydrogens is 477 g/mol. The fraction of sp³-hybridized carbons (Fsp3) is 0.409. The lowest BCUT2D eigenvalue weighted by atomic mass is 9.86. The number of aromatic nitrogens is 4. The average Bonchev–Trinajstić information content (AvgIpc) is 3.06. The van der Waals surface area contributed by atoms with E-state index in [1.165, 1.54) is 14.8 Å². The number of fused-ring (bicyclic) bond motifs is 3. The molecule has 1 saturated carbocycles. The molecule has 0 spiro atoms. The number of rotatable bonds is 3. The Bertz CT molecular complexity index is 998. The summed E-state index contributed by atoms with van der Waals surface area (Å²) in [7, 11) is 2.15. The topological polar surface area (TPSA) is 56.1 Å². The number of hydrogen-bond acceptors (Lipinski definition) is 5. The van der Waals surface area contributed by atoms with Gasteiger partial charge in [-0.1, -0.05) is 6.07 Å². The van der Waals surface area contributed by atoms with Crippen LogP contribution < -0.4 is 4.74 Å². The van der Waals surface area contributed by atoms with Gasteiger partial charge in [-0.15, -0.1) is 10.2 Å². The number of halogens is 1. The van der Waals surface area contributed by atoms with Crippen molar-refractivity contribution in [2.24, 2.45) is 0 Å². The summed E-state index contributed by atoms with van der Waals surface area (Å²) in [6, 6.07) is 12.5. The van der Waals surface area contributed by atoms with Crippen LogP contribution in [0.4, 0.5) is 0 Å². The van der Waals surface area contributed by atoms with Crippen LogP contribution in [-0.2, 0) is 13.1 Å². The zero-order valence-electron chi connectivity index (χ0n) is 16.5. The third-order valence-corrected chi connectivity index (χ3v) is 6.52. The van der Waals surface area contributed by atoms with E-state index < -0.39 is 0 Å². The number of pyridine rings is 1. The molecule has 0 unspecified atom stereocenters. The van der Waals surface area contributed by atoms with E-state index in [0.717, 1.165) is 56.3 Å². The summed E-state index contributed by atoms with van der Waals surface area (Å²) >= 11 is 2.39.